The van der Waals surface area contributed by atoms with E-state index in [9.17, 15) is 0 Å². The third-order valence-corrected chi connectivity index (χ3v) is 3.56. The molecule has 0 radical (unpaired) electrons. The monoisotopic (exact) mass is 233 g/mol. The molecule has 0 saturated carbocycles. The van der Waals surface area contributed by atoms with E-state index in [1.54, 1.807) is 0 Å². The fourth-order valence-corrected chi connectivity index (χ4v) is 2.98. The molecule has 17 heavy (non-hydrogen) atoms. The molecule has 3 nitrogen and oxygen atoms in total. The summed E-state index contributed by atoms with van der Waals surface area (Å²) in [4.78, 5) is 0. The van der Waals surface area contributed by atoms with Gasteiger partial charge >= 0.3 is 0 Å². The van der Waals surface area contributed by atoms with E-state index in [-0.39, 0.29) is 11.7 Å². The van der Waals surface area contributed by atoms with Gasteiger partial charge in [0.2, 0.25) is 0 Å². The molecule has 3 heteroatoms. The van der Waals surface area contributed by atoms with Crippen molar-refractivity contribution in [3.05, 3.63) is 35.9 Å². The molecule has 2 aliphatic rings. The summed E-state index contributed by atoms with van der Waals surface area (Å²) >= 11 is 0. The van der Waals surface area contributed by atoms with Crippen LogP contribution >= 0.6 is 0 Å². The van der Waals surface area contributed by atoms with Crippen molar-refractivity contribution >= 4 is 0 Å². The van der Waals surface area contributed by atoms with Gasteiger partial charge in [-0.1, -0.05) is 30.3 Å². The van der Waals surface area contributed by atoms with Crippen molar-refractivity contribution in [2.24, 2.45) is 0 Å². The number of rotatable bonds is 2. The van der Waals surface area contributed by atoms with Crippen LogP contribution < -0.4 is 5.32 Å². The lowest BCUT2D eigenvalue weighted by Gasteiger charge is -2.27. The Balaban J connectivity index is 1.85. The van der Waals surface area contributed by atoms with Gasteiger partial charge in [-0.15, -0.1) is 0 Å². The summed E-state index contributed by atoms with van der Waals surface area (Å²) in [5.41, 5.74) is 1.12. The number of hydrogen-bond donors (Lipinski definition) is 1. The first-order chi connectivity index (χ1) is 8.10. The van der Waals surface area contributed by atoms with Gasteiger partial charge in [0.1, 0.15) is 11.7 Å². The van der Waals surface area contributed by atoms with Gasteiger partial charge < -0.3 is 14.8 Å². The molecule has 0 aromatic heterocycles. The zero-order valence-electron chi connectivity index (χ0n) is 10.4. The quantitative estimate of drug-likeness (QED) is 0.843. The van der Waals surface area contributed by atoms with Gasteiger partial charge in [-0.2, -0.15) is 0 Å². The molecule has 0 amide bonds. The van der Waals surface area contributed by atoms with Crippen LogP contribution in [-0.2, 0) is 15.9 Å². The molecule has 1 aromatic rings. The van der Waals surface area contributed by atoms with Crippen LogP contribution in [-0.4, -0.2) is 30.6 Å². The number of benzene rings is 1. The highest BCUT2D eigenvalue weighted by Crippen LogP contribution is 2.40. The maximum absolute atomic E-state index is 6.18. The van der Waals surface area contributed by atoms with Crippen LogP contribution in [0.25, 0.3) is 0 Å². The van der Waals surface area contributed by atoms with Crippen molar-refractivity contribution in [2.75, 3.05) is 13.1 Å². The largest absolute Gasteiger partial charge is 0.343 e. The standard InChI is InChI=1S/C14H19NO2/c1-13(2)16-12-9-15-10-14(12,17-13)8-11-6-4-3-5-7-11/h3-7,12,15H,8-10H2,1-2H3. The molecule has 0 spiro atoms. The van der Waals surface area contributed by atoms with Crippen molar-refractivity contribution < 1.29 is 9.47 Å². The molecule has 2 heterocycles. The molecule has 2 atom stereocenters. The second-order valence-electron chi connectivity index (χ2n) is 5.47. The zero-order chi connectivity index (χ0) is 11.9. The van der Waals surface area contributed by atoms with Crippen LogP contribution in [0, 0.1) is 0 Å². The van der Waals surface area contributed by atoms with E-state index >= 15 is 0 Å². The minimum atomic E-state index is -0.457. The molecule has 0 bridgehead atoms. The molecule has 2 unspecified atom stereocenters. The van der Waals surface area contributed by atoms with Crippen LogP contribution in [0.5, 0.6) is 0 Å². The van der Waals surface area contributed by atoms with E-state index in [1.807, 2.05) is 19.9 Å². The molecule has 3 rings (SSSR count). The van der Waals surface area contributed by atoms with E-state index in [4.69, 9.17) is 9.47 Å². The Hall–Kier alpha value is -0.900. The van der Waals surface area contributed by atoms with E-state index in [2.05, 4.69) is 29.6 Å². The van der Waals surface area contributed by atoms with Gasteiger partial charge in [0.05, 0.1) is 0 Å². The van der Waals surface area contributed by atoms with Gasteiger partial charge in [-0.25, -0.2) is 0 Å². The van der Waals surface area contributed by atoms with Crippen molar-refractivity contribution in [2.45, 2.75) is 37.8 Å². The molecule has 2 saturated heterocycles. The lowest BCUT2D eigenvalue weighted by Crippen LogP contribution is -2.42. The summed E-state index contributed by atoms with van der Waals surface area (Å²) in [5.74, 6) is -0.457. The molecule has 1 N–H and O–H groups in total. The van der Waals surface area contributed by atoms with Gasteiger partial charge in [0, 0.05) is 19.5 Å². The number of nitrogens with one attached hydrogen (secondary N) is 1. The first-order valence-corrected chi connectivity index (χ1v) is 6.22. The lowest BCUT2D eigenvalue weighted by atomic mass is 9.92. The van der Waals surface area contributed by atoms with Gasteiger partial charge in [-0.05, 0) is 19.4 Å². The number of ether oxygens (including phenoxy) is 2. The Morgan fingerprint density at radius 1 is 1.29 bits per heavy atom. The predicted octanol–water partition coefficient (Wildman–Crippen LogP) is 1.72. The molecule has 2 fully saturated rings. The first kappa shape index (κ1) is 11.2. The summed E-state index contributed by atoms with van der Waals surface area (Å²) in [7, 11) is 0. The highest BCUT2D eigenvalue weighted by molar-refractivity contribution is 5.20. The smallest absolute Gasteiger partial charge is 0.164 e. The Morgan fingerprint density at radius 3 is 2.82 bits per heavy atom. The molecule has 0 aliphatic carbocycles. The Morgan fingerprint density at radius 2 is 2.06 bits per heavy atom. The van der Waals surface area contributed by atoms with Gasteiger partial charge in [0.25, 0.3) is 0 Å². The lowest BCUT2D eigenvalue weighted by molar-refractivity contribution is -0.165. The average Bonchev–Trinajstić information content (AvgIpc) is 2.71. The number of fused-ring (bicyclic) bond motifs is 1. The summed E-state index contributed by atoms with van der Waals surface area (Å²) < 4.78 is 12.1. The Kier molecular flexibility index (Phi) is 2.51. The third kappa shape index (κ3) is 1.99. The third-order valence-electron chi connectivity index (χ3n) is 3.56. The van der Waals surface area contributed by atoms with Crippen LogP contribution in [0.2, 0.25) is 0 Å². The summed E-state index contributed by atoms with van der Waals surface area (Å²) in [6.07, 6.45) is 1.08. The minimum absolute atomic E-state index is 0.165. The topological polar surface area (TPSA) is 30.5 Å². The van der Waals surface area contributed by atoms with Crippen LogP contribution in [0.1, 0.15) is 19.4 Å². The molecule has 92 valence electrons. The number of hydrogen-bond acceptors (Lipinski definition) is 3. The van der Waals surface area contributed by atoms with E-state index < -0.39 is 5.79 Å². The summed E-state index contributed by atoms with van der Waals surface area (Å²) in [6.45, 7) is 5.75. The molecule has 1 aromatic carbocycles. The Labute approximate surface area is 102 Å². The van der Waals surface area contributed by atoms with Crippen molar-refractivity contribution in [3.8, 4) is 0 Å². The van der Waals surface area contributed by atoms with E-state index in [0.29, 0.717) is 0 Å². The first-order valence-electron chi connectivity index (χ1n) is 6.22. The van der Waals surface area contributed by atoms with Crippen molar-refractivity contribution in [1.82, 2.24) is 5.32 Å². The molecular weight excluding hydrogens is 214 g/mol. The fourth-order valence-electron chi connectivity index (χ4n) is 2.98. The predicted molar refractivity (Wildman–Crippen MR) is 65.8 cm³/mol. The SMILES string of the molecule is CC1(C)OC2CNCC2(Cc2ccccc2)O1. The maximum atomic E-state index is 6.18. The van der Waals surface area contributed by atoms with Crippen LogP contribution in [0.4, 0.5) is 0 Å². The van der Waals surface area contributed by atoms with Gasteiger partial charge in [0.15, 0.2) is 5.79 Å². The van der Waals surface area contributed by atoms with Gasteiger partial charge in [-0.3, -0.25) is 0 Å². The Bertz CT molecular complexity index is 404. The van der Waals surface area contributed by atoms with Crippen molar-refractivity contribution in [1.29, 1.82) is 0 Å². The second-order valence-corrected chi connectivity index (χ2v) is 5.47. The fraction of sp³-hybridized carbons (Fsp3) is 0.571. The molecule has 2 aliphatic heterocycles. The van der Waals surface area contributed by atoms with Crippen molar-refractivity contribution in [3.63, 3.8) is 0 Å². The second kappa shape index (κ2) is 3.80. The average molecular weight is 233 g/mol. The van der Waals surface area contributed by atoms with Crippen LogP contribution in [0.15, 0.2) is 30.3 Å². The highest BCUT2D eigenvalue weighted by Gasteiger charge is 2.55. The molecular formula is C14H19NO2. The highest BCUT2D eigenvalue weighted by atomic mass is 16.8. The van der Waals surface area contributed by atoms with E-state index in [1.165, 1.54) is 5.56 Å². The normalized spacial score (nSPS) is 34.8. The maximum Gasteiger partial charge on any atom is 0.164 e. The minimum Gasteiger partial charge on any atom is -0.343 e. The van der Waals surface area contributed by atoms with E-state index in [0.717, 1.165) is 19.5 Å². The summed E-state index contributed by atoms with van der Waals surface area (Å²) in [6, 6.07) is 10.5. The zero-order valence-corrected chi connectivity index (χ0v) is 10.4. The van der Waals surface area contributed by atoms with Crippen LogP contribution in [0.3, 0.4) is 0 Å². The summed E-state index contributed by atoms with van der Waals surface area (Å²) in [5, 5.41) is 3.37.